The Labute approximate surface area is 245 Å². The van der Waals surface area contributed by atoms with Gasteiger partial charge in [-0.2, -0.15) is 18.2 Å². The fraction of sp³-hybridized carbons (Fsp3) is 0.556. The molecule has 0 aliphatic carbocycles. The van der Waals surface area contributed by atoms with Gasteiger partial charge in [-0.25, -0.2) is 4.79 Å². The molecule has 3 aromatic rings. The van der Waals surface area contributed by atoms with Crippen molar-refractivity contribution in [3.05, 3.63) is 35.3 Å². The van der Waals surface area contributed by atoms with Crippen LogP contribution in [0.25, 0.3) is 22.3 Å². The van der Waals surface area contributed by atoms with Crippen LogP contribution in [0, 0.1) is 5.92 Å². The van der Waals surface area contributed by atoms with Crippen molar-refractivity contribution in [3.8, 4) is 11.4 Å². The van der Waals surface area contributed by atoms with E-state index in [0.717, 1.165) is 67.2 Å². The van der Waals surface area contributed by atoms with Crippen LogP contribution in [0.4, 0.5) is 13.2 Å². The number of hydrogen-bond acceptors (Lipinski definition) is 8. The number of carboxylic acid groups (broad SMARTS) is 1. The van der Waals surface area contributed by atoms with Crippen LogP contribution >= 0.6 is 11.6 Å². The number of fused-ring (bicyclic) bond motifs is 1. The summed E-state index contributed by atoms with van der Waals surface area (Å²) in [5.74, 6) is -1.34. The molecule has 2 atom stereocenters. The van der Waals surface area contributed by atoms with Gasteiger partial charge in [0.25, 0.3) is 0 Å². The molecule has 15 heteroatoms. The van der Waals surface area contributed by atoms with Gasteiger partial charge < -0.3 is 24.7 Å². The highest BCUT2D eigenvalue weighted by molar-refractivity contribution is 6.35. The number of rotatable bonds is 7. The maximum absolute atomic E-state index is 11.4. The third-order valence-electron chi connectivity index (χ3n) is 7.47. The second-order valence-electron chi connectivity index (χ2n) is 10.7. The highest BCUT2D eigenvalue weighted by Gasteiger charge is 2.38. The van der Waals surface area contributed by atoms with Crippen molar-refractivity contribution in [2.45, 2.75) is 58.0 Å². The minimum Gasteiger partial charge on any atom is -0.475 e. The smallest absolute Gasteiger partial charge is 0.475 e. The van der Waals surface area contributed by atoms with Crippen molar-refractivity contribution in [3.63, 3.8) is 0 Å². The van der Waals surface area contributed by atoms with Gasteiger partial charge >= 0.3 is 12.1 Å². The molecule has 0 spiro atoms. The van der Waals surface area contributed by atoms with E-state index in [-0.39, 0.29) is 24.5 Å². The number of benzene rings is 1. The first-order valence-corrected chi connectivity index (χ1v) is 14.0. The van der Waals surface area contributed by atoms with Crippen LogP contribution < -0.4 is 5.73 Å². The van der Waals surface area contributed by atoms with Gasteiger partial charge in [-0.15, -0.1) is 0 Å². The Morgan fingerprint density at radius 3 is 2.40 bits per heavy atom. The van der Waals surface area contributed by atoms with Gasteiger partial charge in [0.2, 0.25) is 17.6 Å². The van der Waals surface area contributed by atoms with Gasteiger partial charge in [-0.3, -0.25) is 14.6 Å². The van der Waals surface area contributed by atoms with E-state index < -0.39 is 12.1 Å². The van der Waals surface area contributed by atoms with Crippen molar-refractivity contribution >= 4 is 34.4 Å². The Balaban J connectivity index is 0.000000517. The lowest BCUT2D eigenvalue weighted by molar-refractivity contribution is -0.192. The van der Waals surface area contributed by atoms with E-state index in [9.17, 15) is 18.0 Å². The number of carbonyl (C=O) groups is 2. The molecule has 5 rings (SSSR count). The zero-order valence-corrected chi connectivity index (χ0v) is 24.1. The molecule has 230 valence electrons. The molecule has 0 bridgehead atoms. The quantitative estimate of drug-likeness (QED) is 0.407. The number of nitrogens with two attached hydrogens (primary N) is 1. The fourth-order valence-corrected chi connectivity index (χ4v) is 5.83. The van der Waals surface area contributed by atoms with Crippen molar-refractivity contribution in [2.75, 3.05) is 32.8 Å². The molecule has 0 saturated carbocycles. The highest BCUT2D eigenvalue weighted by atomic mass is 35.5. The average molecular weight is 615 g/mol. The predicted octanol–water partition coefficient (Wildman–Crippen LogP) is 3.78. The first-order valence-electron chi connectivity index (χ1n) is 13.6. The molecule has 11 nitrogen and oxygen atoms in total. The number of aliphatic carboxylic acids is 1. The summed E-state index contributed by atoms with van der Waals surface area (Å²) in [5, 5.41) is 13.2. The van der Waals surface area contributed by atoms with Crippen LogP contribution in [0.15, 0.2) is 28.9 Å². The molecular formula is C27H34ClF3N6O5. The number of halogens is 4. The zero-order valence-electron chi connectivity index (χ0n) is 23.3. The highest BCUT2D eigenvalue weighted by Crippen LogP contribution is 2.34. The van der Waals surface area contributed by atoms with Gasteiger partial charge in [0.05, 0.1) is 23.6 Å². The Kier molecular flexibility index (Phi) is 10.1. The normalized spacial score (nSPS) is 20.8. The van der Waals surface area contributed by atoms with Crippen molar-refractivity contribution in [1.82, 2.24) is 24.5 Å². The van der Waals surface area contributed by atoms with E-state index in [0.29, 0.717) is 24.2 Å². The third kappa shape index (κ3) is 7.79. The molecule has 0 radical (unpaired) electrons. The molecule has 0 unspecified atom stereocenters. The molecule has 2 saturated heterocycles. The van der Waals surface area contributed by atoms with Crippen LogP contribution in [0.5, 0.6) is 0 Å². The van der Waals surface area contributed by atoms with Crippen LogP contribution in [-0.2, 0) is 27.4 Å². The van der Waals surface area contributed by atoms with Crippen molar-refractivity contribution in [1.29, 1.82) is 0 Å². The van der Waals surface area contributed by atoms with Gasteiger partial charge in [0, 0.05) is 62.1 Å². The van der Waals surface area contributed by atoms with E-state index in [1.807, 2.05) is 12.1 Å². The van der Waals surface area contributed by atoms with Crippen molar-refractivity contribution in [2.24, 2.45) is 11.7 Å². The Hall–Kier alpha value is -3.20. The number of primary amides is 1. The molecule has 2 aliphatic rings. The second kappa shape index (κ2) is 13.4. The average Bonchev–Trinajstić information content (AvgIpc) is 3.52. The number of carbonyl (C=O) groups excluding carboxylic acids is 1. The molecule has 2 aromatic heterocycles. The minimum atomic E-state index is -5.08. The van der Waals surface area contributed by atoms with Crippen LogP contribution in [0.3, 0.4) is 0 Å². The summed E-state index contributed by atoms with van der Waals surface area (Å²) in [6, 6.07) is 6.37. The SMILES string of the molecule is C[C@@H]1CN(Cc2nc(-c3cn(CC4CCOCC4)c4c(Cl)cccc34)no2)C[C@H](C)N1CC(N)=O.O=C(O)C(F)(F)F. The summed E-state index contributed by atoms with van der Waals surface area (Å²) in [6.07, 6.45) is -0.877. The van der Waals surface area contributed by atoms with Gasteiger partial charge in [0.1, 0.15) is 0 Å². The number of amides is 1. The molecular weight excluding hydrogens is 581 g/mol. The van der Waals surface area contributed by atoms with Gasteiger partial charge in [0.15, 0.2) is 0 Å². The standard InChI is InChI=1S/C25H33ClN6O3.C2HF3O2/c1-16-10-30(11-17(2)32(16)14-22(27)33)15-23-28-25(29-35-23)20-13-31(12-18-6-8-34-9-7-18)24-19(20)4-3-5-21(24)26;3-2(4,5)1(6)7/h3-5,13,16-18H,6-12,14-15H2,1-2H3,(H2,27,33);(H,6,7)/t16-,17+;. The van der Waals surface area contributed by atoms with Crippen LogP contribution in [0.1, 0.15) is 32.6 Å². The maximum Gasteiger partial charge on any atom is 0.490 e. The largest absolute Gasteiger partial charge is 0.490 e. The predicted molar refractivity (Wildman–Crippen MR) is 148 cm³/mol. The lowest BCUT2D eigenvalue weighted by Gasteiger charge is -2.43. The summed E-state index contributed by atoms with van der Waals surface area (Å²) < 4.78 is 45.2. The number of carboxylic acids is 1. The number of alkyl halides is 3. The number of hydrogen-bond donors (Lipinski definition) is 2. The molecule has 4 heterocycles. The van der Waals surface area contributed by atoms with Gasteiger partial charge in [-0.1, -0.05) is 28.9 Å². The number of para-hydroxylation sites is 1. The number of piperazine rings is 1. The number of nitrogens with zero attached hydrogens (tertiary/aromatic N) is 5. The van der Waals surface area contributed by atoms with E-state index >= 15 is 0 Å². The summed E-state index contributed by atoms with van der Waals surface area (Å²) >= 11 is 6.64. The van der Waals surface area contributed by atoms with Crippen molar-refractivity contribution < 1.29 is 37.1 Å². The lowest BCUT2D eigenvalue weighted by atomic mass is 10.0. The summed E-state index contributed by atoms with van der Waals surface area (Å²) in [5.41, 5.74) is 7.36. The first-order chi connectivity index (χ1) is 19.8. The lowest BCUT2D eigenvalue weighted by Crippen LogP contribution is -2.58. The Morgan fingerprint density at radius 2 is 1.81 bits per heavy atom. The summed E-state index contributed by atoms with van der Waals surface area (Å²) in [4.78, 5) is 29.5. The second-order valence-corrected chi connectivity index (χ2v) is 11.1. The topological polar surface area (TPSA) is 140 Å². The molecule has 3 N–H and O–H groups in total. The fourth-order valence-electron chi connectivity index (χ4n) is 5.55. The summed E-state index contributed by atoms with van der Waals surface area (Å²) in [7, 11) is 0. The van der Waals surface area contributed by atoms with E-state index in [1.165, 1.54) is 0 Å². The van der Waals surface area contributed by atoms with Gasteiger partial charge in [-0.05, 0) is 38.7 Å². The van der Waals surface area contributed by atoms with E-state index in [2.05, 4.69) is 45.6 Å². The Morgan fingerprint density at radius 1 is 1.17 bits per heavy atom. The third-order valence-corrected chi connectivity index (χ3v) is 7.78. The molecule has 1 amide bonds. The van der Waals surface area contributed by atoms with E-state index in [1.54, 1.807) is 0 Å². The number of ether oxygens (including phenoxy) is 1. The summed E-state index contributed by atoms with van der Waals surface area (Å²) in [6.45, 7) is 9.18. The molecule has 2 aliphatic heterocycles. The van der Waals surface area contributed by atoms with E-state index in [4.69, 9.17) is 41.5 Å². The van der Waals surface area contributed by atoms with Crippen LogP contribution in [0.2, 0.25) is 5.02 Å². The first kappa shape index (κ1) is 31.7. The maximum atomic E-state index is 11.4. The van der Waals surface area contributed by atoms with Crippen LogP contribution in [-0.4, -0.2) is 92.6 Å². The zero-order chi connectivity index (χ0) is 30.6. The Bertz CT molecular complexity index is 1380. The monoisotopic (exact) mass is 614 g/mol. The molecule has 1 aromatic carbocycles. The minimum absolute atomic E-state index is 0.207. The molecule has 42 heavy (non-hydrogen) atoms. The number of aromatic nitrogens is 3. The molecule has 2 fully saturated rings.